The van der Waals surface area contributed by atoms with Gasteiger partial charge >= 0.3 is 0 Å². The van der Waals surface area contributed by atoms with Gasteiger partial charge in [0.15, 0.2) is 0 Å². The first-order chi connectivity index (χ1) is 10.2. The molecule has 2 heterocycles. The Hall–Kier alpha value is -0.750. The average Bonchev–Trinajstić information content (AvgIpc) is 2.79. The molecular weight excluding hydrogens is 288 g/mol. The predicted octanol–water partition coefficient (Wildman–Crippen LogP) is 1.23. The summed E-state index contributed by atoms with van der Waals surface area (Å²) in [7, 11) is 0. The average molecular weight is 314 g/mol. The van der Waals surface area contributed by atoms with Crippen LogP contribution in [-0.4, -0.2) is 73.0 Å². The van der Waals surface area contributed by atoms with E-state index in [1.807, 2.05) is 16.1 Å². The topological polar surface area (TPSA) is 49.9 Å². The summed E-state index contributed by atoms with van der Waals surface area (Å²) in [5.74, 6) is 1.49. The van der Waals surface area contributed by atoms with Gasteiger partial charge in [0.2, 0.25) is 11.8 Å². The summed E-state index contributed by atoms with van der Waals surface area (Å²) >= 11 is 1.70. The van der Waals surface area contributed by atoms with Crippen LogP contribution < -0.4 is 0 Å². The molecular formula is C15H26N2O3S. The number of nitrogens with zero attached hydrogens (tertiary/aromatic N) is 2. The van der Waals surface area contributed by atoms with E-state index in [1.54, 1.807) is 11.8 Å². The van der Waals surface area contributed by atoms with E-state index in [4.69, 9.17) is 4.74 Å². The molecule has 5 nitrogen and oxygen atoms in total. The molecule has 0 radical (unpaired) electrons. The molecule has 2 saturated heterocycles. The highest BCUT2D eigenvalue weighted by molar-refractivity contribution is 7.98. The van der Waals surface area contributed by atoms with Crippen molar-refractivity contribution in [1.29, 1.82) is 0 Å². The molecule has 120 valence electrons. The van der Waals surface area contributed by atoms with Crippen LogP contribution in [0, 0.1) is 5.92 Å². The van der Waals surface area contributed by atoms with Crippen LogP contribution in [0.4, 0.5) is 0 Å². The number of rotatable bonds is 4. The fraction of sp³-hybridized carbons (Fsp3) is 0.867. The Kier molecular flexibility index (Phi) is 6.83. The van der Waals surface area contributed by atoms with Gasteiger partial charge in [-0.3, -0.25) is 9.59 Å². The lowest BCUT2D eigenvalue weighted by atomic mass is 9.98. The zero-order chi connectivity index (χ0) is 15.1. The number of carbonyl (C=O) groups excluding carboxylic acids is 2. The molecule has 2 aliphatic heterocycles. The number of amides is 2. The van der Waals surface area contributed by atoms with Crippen LogP contribution in [0.1, 0.15) is 25.7 Å². The highest BCUT2D eigenvalue weighted by atomic mass is 32.2. The van der Waals surface area contributed by atoms with Crippen molar-refractivity contribution >= 4 is 23.6 Å². The molecule has 0 N–H and O–H groups in total. The lowest BCUT2D eigenvalue weighted by Gasteiger charge is -2.28. The normalized spacial score (nSPS) is 21.2. The Morgan fingerprint density at radius 2 is 1.76 bits per heavy atom. The van der Waals surface area contributed by atoms with Crippen molar-refractivity contribution in [2.75, 3.05) is 51.4 Å². The molecule has 21 heavy (non-hydrogen) atoms. The van der Waals surface area contributed by atoms with E-state index in [9.17, 15) is 9.59 Å². The third-order valence-corrected chi connectivity index (χ3v) is 4.86. The van der Waals surface area contributed by atoms with Crippen LogP contribution in [-0.2, 0) is 14.3 Å². The van der Waals surface area contributed by atoms with Gasteiger partial charge in [0, 0.05) is 57.5 Å². The second kappa shape index (κ2) is 8.63. The molecule has 0 saturated carbocycles. The minimum Gasteiger partial charge on any atom is -0.381 e. The monoisotopic (exact) mass is 314 g/mol. The Bertz CT molecular complexity index is 359. The molecule has 0 aromatic heterocycles. The Balaban J connectivity index is 1.82. The van der Waals surface area contributed by atoms with Crippen LogP contribution in [0.25, 0.3) is 0 Å². The summed E-state index contributed by atoms with van der Waals surface area (Å²) in [5.41, 5.74) is 0. The van der Waals surface area contributed by atoms with Crippen molar-refractivity contribution in [3.05, 3.63) is 0 Å². The third kappa shape index (κ3) is 4.88. The summed E-state index contributed by atoms with van der Waals surface area (Å²) in [4.78, 5) is 28.5. The largest absolute Gasteiger partial charge is 0.381 e. The molecule has 0 spiro atoms. The Labute approximate surface area is 131 Å². The van der Waals surface area contributed by atoms with Gasteiger partial charge in [0.1, 0.15) is 0 Å². The summed E-state index contributed by atoms with van der Waals surface area (Å²) in [6, 6.07) is 0. The third-order valence-electron chi connectivity index (χ3n) is 4.25. The minimum absolute atomic E-state index is 0.123. The first-order valence-corrected chi connectivity index (χ1v) is 9.25. The van der Waals surface area contributed by atoms with Crippen molar-refractivity contribution < 1.29 is 14.3 Å². The molecule has 0 aromatic carbocycles. The molecule has 2 rings (SSSR count). The summed E-state index contributed by atoms with van der Waals surface area (Å²) in [6.45, 7) is 4.32. The van der Waals surface area contributed by atoms with E-state index in [1.165, 1.54) is 0 Å². The minimum atomic E-state index is 0.123. The van der Waals surface area contributed by atoms with Crippen LogP contribution in [0.5, 0.6) is 0 Å². The lowest BCUT2D eigenvalue weighted by Crippen LogP contribution is -2.41. The van der Waals surface area contributed by atoms with E-state index in [2.05, 4.69) is 0 Å². The zero-order valence-electron chi connectivity index (χ0n) is 12.9. The number of hydrogen-bond donors (Lipinski definition) is 0. The molecule has 2 amide bonds. The molecule has 0 unspecified atom stereocenters. The summed E-state index contributed by atoms with van der Waals surface area (Å²) < 4.78 is 5.32. The maximum atomic E-state index is 12.5. The van der Waals surface area contributed by atoms with E-state index < -0.39 is 0 Å². The van der Waals surface area contributed by atoms with Gasteiger partial charge in [-0.1, -0.05) is 0 Å². The van der Waals surface area contributed by atoms with E-state index in [-0.39, 0.29) is 17.7 Å². The SMILES string of the molecule is CSCCC(=O)N1CCCN(C(=O)C2CCOCC2)CC1. The van der Waals surface area contributed by atoms with Crippen molar-refractivity contribution in [3.63, 3.8) is 0 Å². The van der Waals surface area contributed by atoms with Crippen molar-refractivity contribution in [2.24, 2.45) is 5.92 Å². The second-order valence-electron chi connectivity index (χ2n) is 5.69. The Morgan fingerprint density at radius 1 is 1.10 bits per heavy atom. The first kappa shape index (κ1) is 16.6. The van der Waals surface area contributed by atoms with Crippen molar-refractivity contribution in [3.8, 4) is 0 Å². The highest BCUT2D eigenvalue weighted by Gasteiger charge is 2.28. The fourth-order valence-corrected chi connectivity index (χ4v) is 3.32. The van der Waals surface area contributed by atoms with Gasteiger partial charge in [0.05, 0.1) is 0 Å². The molecule has 0 aromatic rings. The maximum absolute atomic E-state index is 12.5. The highest BCUT2D eigenvalue weighted by Crippen LogP contribution is 2.19. The van der Waals surface area contributed by atoms with Crippen LogP contribution in [0.3, 0.4) is 0 Å². The molecule has 2 aliphatic rings. The summed E-state index contributed by atoms with van der Waals surface area (Å²) in [5, 5.41) is 0. The van der Waals surface area contributed by atoms with E-state index >= 15 is 0 Å². The van der Waals surface area contributed by atoms with Crippen molar-refractivity contribution in [2.45, 2.75) is 25.7 Å². The van der Waals surface area contributed by atoms with Crippen LogP contribution in [0.2, 0.25) is 0 Å². The van der Waals surface area contributed by atoms with Gasteiger partial charge < -0.3 is 14.5 Å². The number of hydrogen-bond acceptors (Lipinski definition) is 4. The van der Waals surface area contributed by atoms with E-state index in [0.29, 0.717) is 32.7 Å². The Morgan fingerprint density at radius 3 is 2.48 bits per heavy atom. The molecule has 0 aliphatic carbocycles. The van der Waals surface area contributed by atoms with Gasteiger partial charge in [-0.05, 0) is 25.5 Å². The maximum Gasteiger partial charge on any atom is 0.225 e. The summed E-state index contributed by atoms with van der Waals surface area (Å²) in [6.07, 6.45) is 5.19. The number of thioether (sulfide) groups is 1. The molecule has 0 bridgehead atoms. The second-order valence-corrected chi connectivity index (χ2v) is 6.67. The fourth-order valence-electron chi connectivity index (χ4n) is 2.94. The zero-order valence-corrected chi connectivity index (χ0v) is 13.7. The van der Waals surface area contributed by atoms with E-state index in [0.717, 1.165) is 38.1 Å². The van der Waals surface area contributed by atoms with Crippen LogP contribution >= 0.6 is 11.8 Å². The number of ether oxygens (including phenoxy) is 1. The predicted molar refractivity (Wildman–Crippen MR) is 84.3 cm³/mol. The van der Waals surface area contributed by atoms with Gasteiger partial charge in [-0.2, -0.15) is 11.8 Å². The lowest BCUT2D eigenvalue weighted by molar-refractivity contribution is -0.139. The quantitative estimate of drug-likeness (QED) is 0.783. The van der Waals surface area contributed by atoms with Gasteiger partial charge in [-0.15, -0.1) is 0 Å². The molecule has 2 fully saturated rings. The molecule has 6 heteroatoms. The first-order valence-electron chi connectivity index (χ1n) is 7.85. The molecule has 0 atom stereocenters. The standard InChI is InChI=1S/C15H26N2O3S/c1-21-12-5-14(18)16-6-2-7-17(9-8-16)15(19)13-3-10-20-11-4-13/h13H,2-12H2,1H3. The van der Waals surface area contributed by atoms with Crippen LogP contribution in [0.15, 0.2) is 0 Å². The smallest absolute Gasteiger partial charge is 0.225 e. The van der Waals surface area contributed by atoms with Crippen molar-refractivity contribution in [1.82, 2.24) is 9.80 Å². The van der Waals surface area contributed by atoms with Gasteiger partial charge in [0.25, 0.3) is 0 Å². The number of carbonyl (C=O) groups is 2. The van der Waals surface area contributed by atoms with Gasteiger partial charge in [-0.25, -0.2) is 0 Å².